The van der Waals surface area contributed by atoms with Gasteiger partial charge in [-0.25, -0.2) is 0 Å². The van der Waals surface area contributed by atoms with Crippen LogP contribution >= 0.6 is 0 Å². The van der Waals surface area contributed by atoms with E-state index in [1.165, 1.54) is 27.5 Å². The molecular weight excluding hydrogens is 314 g/mol. The molecule has 0 atom stereocenters. The maximum Gasteiger partial charge on any atom is 0.0537 e. The predicted octanol–water partition coefficient (Wildman–Crippen LogP) is 5.95. The lowest BCUT2D eigenvalue weighted by atomic mass is 9.93. The molecule has 0 amide bonds. The Hall–Kier alpha value is -2.28. The molecule has 0 bridgehead atoms. The summed E-state index contributed by atoms with van der Waals surface area (Å²) < 4.78 is 2.41. The zero-order valence-corrected chi connectivity index (χ0v) is 17.2. The maximum atomic E-state index is 2.41. The van der Waals surface area contributed by atoms with Crippen molar-refractivity contribution < 1.29 is 0 Å². The summed E-state index contributed by atoms with van der Waals surface area (Å²) in [5.41, 5.74) is 3.91. The van der Waals surface area contributed by atoms with E-state index in [9.17, 15) is 0 Å². The number of benzene rings is 1. The highest BCUT2D eigenvalue weighted by Gasteiger charge is 2.18. The minimum Gasteiger partial charge on any atom is -0.310 e. The molecule has 0 saturated carbocycles. The molecule has 138 valence electrons. The minimum absolute atomic E-state index is 0.0822. The van der Waals surface area contributed by atoms with E-state index in [1.54, 1.807) is 0 Å². The molecule has 2 aromatic rings. The summed E-state index contributed by atoms with van der Waals surface area (Å²) in [6, 6.07) is 10.7. The Morgan fingerprint density at radius 1 is 1.00 bits per heavy atom. The van der Waals surface area contributed by atoms with Gasteiger partial charge in [0.2, 0.25) is 0 Å². The number of para-hydroxylation sites is 1. The fourth-order valence-electron chi connectivity index (χ4n) is 3.27. The van der Waals surface area contributed by atoms with Crippen molar-refractivity contribution >= 4 is 24.3 Å². The third-order valence-electron chi connectivity index (χ3n) is 4.60. The number of unbranched alkanes of at least 4 members (excludes halogenated alkanes) is 1. The largest absolute Gasteiger partial charge is 0.310 e. The van der Waals surface area contributed by atoms with Crippen LogP contribution in [-0.4, -0.2) is 4.57 Å². The number of hydrogen-bond donors (Lipinski definition) is 0. The van der Waals surface area contributed by atoms with Crippen molar-refractivity contribution in [3.63, 3.8) is 0 Å². The van der Waals surface area contributed by atoms with E-state index in [0.29, 0.717) is 0 Å². The minimum atomic E-state index is 0.0822. The van der Waals surface area contributed by atoms with Crippen molar-refractivity contribution in [1.29, 1.82) is 0 Å². The van der Waals surface area contributed by atoms with Gasteiger partial charge in [0.25, 0.3) is 0 Å². The summed E-state index contributed by atoms with van der Waals surface area (Å²) >= 11 is 0. The molecule has 1 aliphatic carbocycles. The van der Waals surface area contributed by atoms with Crippen LogP contribution < -0.4 is 10.6 Å². The van der Waals surface area contributed by atoms with Gasteiger partial charge >= 0.3 is 0 Å². The maximum absolute atomic E-state index is 2.41. The Labute approximate surface area is 159 Å². The van der Waals surface area contributed by atoms with Gasteiger partial charge in [-0.3, -0.25) is 0 Å². The lowest BCUT2D eigenvalue weighted by Crippen LogP contribution is -2.29. The standard InChI is InChI=1S/C23H27N.C2H6/c1-5-7-13-21-19(6-2)20-14-16-23(3,4)17-15-22(20)24(21)18-11-9-8-10-12-18;1-2/h6,8-17H,5,7H2,1-4H3;1-2H3/b19-6-,21-13+;. The van der Waals surface area contributed by atoms with Crippen LogP contribution in [0.2, 0.25) is 0 Å². The highest BCUT2D eigenvalue weighted by molar-refractivity contribution is 5.70. The third-order valence-corrected chi connectivity index (χ3v) is 4.60. The van der Waals surface area contributed by atoms with Crippen LogP contribution in [0.3, 0.4) is 0 Å². The summed E-state index contributed by atoms with van der Waals surface area (Å²) in [6.45, 7) is 12.9. The quantitative estimate of drug-likeness (QED) is 0.646. The van der Waals surface area contributed by atoms with Gasteiger partial charge in [0.1, 0.15) is 0 Å². The number of fused-ring (bicyclic) bond motifs is 1. The van der Waals surface area contributed by atoms with Crippen molar-refractivity contribution in [2.24, 2.45) is 5.41 Å². The Morgan fingerprint density at radius 3 is 2.27 bits per heavy atom. The van der Waals surface area contributed by atoms with Gasteiger partial charge in [-0.05, 0) is 31.6 Å². The first-order chi connectivity index (χ1) is 12.6. The first-order valence-corrected chi connectivity index (χ1v) is 9.92. The molecule has 0 saturated heterocycles. The van der Waals surface area contributed by atoms with Gasteiger partial charge in [0.15, 0.2) is 0 Å². The molecule has 0 radical (unpaired) electrons. The molecule has 0 unspecified atom stereocenters. The van der Waals surface area contributed by atoms with Crippen molar-refractivity contribution in [3.05, 3.63) is 64.3 Å². The van der Waals surface area contributed by atoms with E-state index in [-0.39, 0.29) is 5.41 Å². The number of nitrogens with zero attached hydrogens (tertiary/aromatic N) is 1. The molecule has 1 aromatic carbocycles. The average molecular weight is 348 g/mol. The Kier molecular flexibility index (Phi) is 6.85. The fraction of sp³-hybridized carbons (Fsp3) is 0.360. The molecule has 1 aromatic heterocycles. The van der Waals surface area contributed by atoms with E-state index < -0.39 is 0 Å². The first kappa shape index (κ1) is 20.0. The van der Waals surface area contributed by atoms with Crippen molar-refractivity contribution in [1.82, 2.24) is 4.57 Å². The molecule has 0 fully saturated rings. The summed E-state index contributed by atoms with van der Waals surface area (Å²) in [5, 5.41) is 2.64. The normalized spacial score (nSPS) is 16.1. The van der Waals surface area contributed by atoms with E-state index in [4.69, 9.17) is 0 Å². The smallest absolute Gasteiger partial charge is 0.0537 e. The van der Waals surface area contributed by atoms with Crippen molar-refractivity contribution in [3.8, 4) is 5.69 Å². The second-order valence-corrected chi connectivity index (χ2v) is 7.04. The van der Waals surface area contributed by atoms with Gasteiger partial charge in [-0.1, -0.05) is 89.6 Å². The predicted molar refractivity (Wildman–Crippen MR) is 118 cm³/mol. The van der Waals surface area contributed by atoms with Crippen LogP contribution in [0.5, 0.6) is 0 Å². The zero-order chi connectivity index (χ0) is 19.2. The Balaban J connectivity index is 0.00000117. The molecule has 26 heavy (non-hydrogen) atoms. The molecule has 3 rings (SSSR count). The molecule has 1 aliphatic rings. The topological polar surface area (TPSA) is 4.93 Å². The molecule has 0 aliphatic heterocycles. The van der Waals surface area contributed by atoms with Gasteiger partial charge in [-0.2, -0.15) is 0 Å². The highest BCUT2D eigenvalue weighted by atomic mass is 15.0. The molecular formula is C25H33N. The van der Waals surface area contributed by atoms with Crippen LogP contribution in [0.4, 0.5) is 0 Å². The van der Waals surface area contributed by atoms with E-state index >= 15 is 0 Å². The second-order valence-electron chi connectivity index (χ2n) is 7.04. The zero-order valence-electron chi connectivity index (χ0n) is 17.2. The summed E-state index contributed by atoms with van der Waals surface area (Å²) in [7, 11) is 0. The van der Waals surface area contributed by atoms with Crippen LogP contribution in [0.15, 0.2) is 42.5 Å². The van der Waals surface area contributed by atoms with Crippen LogP contribution in [0.25, 0.3) is 30.0 Å². The van der Waals surface area contributed by atoms with E-state index in [0.717, 1.165) is 12.8 Å². The molecule has 1 heterocycles. The monoisotopic (exact) mass is 347 g/mol. The summed E-state index contributed by atoms with van der Waals surface area (Å²) in [4.78, 5) is 0. The Morgan fingerprint density at radius 2 is 1.65 bits per heavy atom. The van der Waals surface area contributed by atoms with E-state index in [2.05, 4.69) is 99.1 Å². The van der Waals surface area contributed by atoms with Gasteiger partial charge in [0.05, 0.1) is 5.69 Å². The van der Waals surface area contributed by atoms with Crippen molar-refractivity contribution in [2.75, 3.05) is 0 Å². The molecule has 1 nitrogen and oxygen atoms in total. The number of allylic oxidation sites excluding steroid dienone is 2. The van der Waals surface area contributed by atoms with Crippen LogP contribution in [-0.2, 0) is 0 Å². The van der Waals surface area contributed by atoms with Gasteiger partial charge in [-0.15, -0.1) is 0 Å². The second kappa shape index (κ2) is 8.89. The Bertz CT molecular complexity index is 890. The number of hydrogen-bond acceptors (Lipinski definition) is 0. The highest BCUT2D eigenvalue weighted by Crippen LogP contribution is 2.27. The average Bonchev–Trinajstić information content (AvgIpc) is 2.88. The number of rotatable bonds is 3. The summed E-state index contributed by atoms with van der Waals surface area (Å²) in [5.74, 6) is 0. The van der Waals surface area contributed by atoms with Gasteiger partial charge in [0, 0.05) is 27.2 Å². The first-order valence-electron chi connectivity index (χ1n) is 9.92. The van der Waals surface area contributed by atoms with Crippen molar-refractivity contribution in [2.45, 2.75) is 54.4 Å². The third kappa shape index (κ3) is 4.09. The SMILES string of the molecule is C/C=c1/c2c(n(-c3ccccc3)/c1=C/CCC)C=CC(C)(C)C=C2.CC. The molecule has 1 heteroatoms. The fourth-order valence-corrected chi connectivity index (χ4v) is 3.27. The lowest BCUT2D eigenvalue weighted by Gasteiger charge is -2.13. The lowest BCUT2D eigenvalue weighted by molar-refractivity contribution is 0.633. The van der Waals surface area contributed by atoms with Crippen LogP contribution in [0, 0.1) is 5.41 Å². The van der Waals surface area contributed by atoms with Crippen LogP contribution in [0.1, 0.15) is 65.6 Å². The number of aromatic nitrogens is 1. The molecule has 0 spiro atoms. The van der Waals surface area contributed by atoms with E-state index in [1.807, 2.05) is 13.8 Å². The summed E-state index contributed by atoms with van der Waals surface area (Å²) in [6.07, 6.45) is 16.1. The van der Waals surface area contributed by atoms with Gasteiger partial charge < -0.3 is 4.57 Å². The molecule has 0 N–H and O–H groups in total.